The minimum absolute atomic E-state index is 0.0190. The fourth-order valence-corrected chi connectivity index (χ4v) is 3.34. The van der Waals surface area contributed by atoms with Crippen molar-refractivity contribution in [3.63, 3.8) is 0 Å². The number of nitrogens with one attached hydrogen (secondary N) is 2. The molecule has 0 radical (unpaired) electrons. The highest BCUT2D eigenvalue weighted by Gasteiger charge is 2.23. The van der Waals surface area contributed by atoms with Crippen LogP contribution < -0.4 is 20.1 Å². The van der Waals surface area contributed by atoms with Gasteiger partial charge < -0.3 is 20.1 Å². The number of carbonyl (C=O) groups excluding carboxylic acids is 2. The van der Waals surface area contributed by atoms with Crippen LogP contribution >= 0.6 is 0 Å². The molecule has 1 aliphatic heterocycles. The van der Waals surface area contributed by atoms with Crippen LogP contribution in [-0.2, 0) is 28.9 Å². The summed E-state index contributed by atoms with van der Waals surface area (Å²) in [4.78, 5) is 23.8. The molecule has 2 N–H and O–H groups in total. The highest BCUT2D eigenvalue weighted by Crippen LogP contribution is 2.26. The predicted octanol–water partition coefficient (Wildman–Crippen LogP) is 2.18. The van der Waals surface area contributed by atoms with Crippen LogP contribution in [0.1, 0.15) is 29.5 Å². The van der Waals surface area contributed by atoms with Gasteiger partial charge in [-0.2, -0.15) is 0 Å². The van der Waals surface area contributed by atoms with E-state index in [0.29, 0.717) is 24.8 Å². The van der Waals surface area contributed by atoms with Crippen molar-refractivity contribution in [1.82, 2.24) is 10.6 Å². The zero-order valence-corrected chi connectivity index (χ0v) is 16.4. The molecule has 0 aromatic heterocycles. The predicted molar refractivity (Wildman–Crippen MR) is 109 cm³/mol. The molecule has 4 rings (SSSR count). The Bertz CT molecular complexity index is 875. The van der Waals surface area contributed by atoms with Crippen molar-refractivity contribution in [3.8, 4) is 11.5 Å². The second-order valence-electron chi connectivity index (χ2n) is 7.59. The van der Waals surface area contributed by atoms with Crippen molar-refractivity contribution in [3.05, 3.63) is 59.2 Å². The van der Waals surface area contributed by atoms with Gasteiger partial charge in [-0.3, -0.25) is 9.59 Å². The summed E-state index contributed by atoms with van der Waals surface area (Å²) in [6, 6.07) is 13.9. The summed E-state index contributed by atoms with van der Waals surface area (Å²) >= 11 is 0. The van der Waals surface area contributed by atoms with Gasteiger partial charge >= 0.3 is 0 Å². The maximum Gasteiger partial charge on any atom is 0.258 e. The number of rotatable bonds is 9. The van der Waals surface area contributed by atoms with Crippen LogP contribution in [-0.4, -0.2) is 37.6 Å². The van der Waals surface area contributed by atoms with Crippen LogP contribution in [0.2, 0.25) is 0 Å². The summed E-state index contributed by atoms with van der Waals surface area (Å²) in [5.41, 5.74) is 3.30. The minimum Gasteiger partial charge on any atom is -0.493 e. The first kappa shape index (κ1) is 19.3. The molecule has 2 aromatic carbocycles. The van der Waals surface area contributed by atoms with E-state index in [4.69, 9.17) is 9.47 Å². The quantitative estimate of drug-likeness (QED) is 0.684. The third kappa shape index (κ3) is 5.73. The fourth-order valence-electron chi connectivity index (χ4n) is 3.34. The van der Waals surface area contributed by atoms with Crippen LogP contribution in [0.4, 0.5) is 0 Å². The maximum atomic E-state index is 12.2. The molecule has 0 saturated heterocycles. The first-order valence-electron chi connectivity index (χ1n) is 10.2. The number of hydrogen-bond acceptors (Lipinski definition) is 4. The average molecular weight is 394 g/mol. The number of hydrogen-bond donors (Lipinski definition) is 2. The maximum absolute atomic E-state index is 12.2. The molecule has 1 aliphatic carbocycles. The van der Waals surface area contributed by atoms with E-state index in [1.165, 1.54) is 5.56 Å². The molecule has 0 unspecified atom stereocenters. The van der Waals surface area contributed by atoms with Crippen molar-refractivity contribution >= 4 is 11.8 Å². The first-order valence-corrected chi connectivity index (χ1v) is 10.2. The fraction of sp³-hybridized carbons (Fsp3) is 0.391. The number of ether oxygens (including phenoxy) is 2. The van der Waals surface area contributed by atoms with Gasteiger partial charge in [-0.05, 0) is 54.2 Å². The van der Waals surface area contributed by atoms with Crippen molar-refractivity contribution in [1.29, 1.82) is 0 Å². The van der Waals surface area contributed by atoms with Gasteiger partial charge in [0.05, 0.1) is 13.0 Å². The molecular formula is C23H26N2O4. The summed E-state index contributed by atoms with van der Waals surface area (Å²) < 4.78 is 11.0. The van der Waals surface area contributed by atoms with E-state index >= 15 is 0 Å². The molecule has 1 saturated carbocycles. The van der Waals surface area contributed by atoms with Gasteiger partial charge in [0.1, 0.15) is 11.5 Å². The normalized spacial score (nSPS) is 14.6. The van der Waals surface area contributed by atoms with E-state index in [9.17, 15) is 9.59 Å². The lowest BCUT2D eigenvalue weighted by Gasteiger charge is -2.09. The van der Waals surface area contributed by atoms with E-state index in [-0.39, 0.29) is 18.4 Å². The molecule has 0 bridgehead atoms. The Labute approximate surface area is 170 Å². The van der Waals surface area contributed by atoms with Gasteiger partial charge in [-0.15, -0.1) is 0 Å². The van der Waals surface area contributed by atoms with Crippen molar-refractivity contribution in [2.75, 3.05) is 19.8 Å². The SMILES string of the molecule is O=C(Cc1ccc2c(c1)CCO2)NCCc1ccc(OCC(=O)NC2CC2)cc1. The lowest BCUT2D eigenvalue weighted by molar-refractivity contribution is -0.123. The van der Waals surface area contributed by atoms with Crippen LogP contribution in [0, 0.1) is 0 Å². The summed E-state index contributed by atoms with van der Waals surface area (Å²) in [7, 11) is 0. The lowest BCUT2D eigenvalue weighted by atomic mass is 10.1. The molecule has 29 heavy (non-hydrogen) atoms. The molecule has 2 amide bonds. The van der Waals surface area contributed by atoms with Crippen molar-refractivity contribution < 1.29 is 19.1 Å². The Hall–Kier alpha value is -3.02. The molecular weight excluding hydrogens is 368 g/mol. The van der Waals surface area contributed by atoms with Crippen LogP contribution in [0.25, 0.3) is 0 Å². The lowest BCUT2D eigenvalue weighted by Crippen LogP contribution is -2.30. The number of amides is 2. The Kier molecular flexibility index (Phi) is 5.98. The van der Waals surface area contributed by atoms with Crippen LogP contribution in [0.5, 0.6) is 11.5 Å². The molecule has 1 fully saturated rings. The van der Waals surface area contributed by atoms with E-state index in [1.54, 1.807) is 0 Å². The number of fused-ring (bicyclic) bond motifs is 1. The summed E-state index contributed by atoms with van der Waals surface area (Å²) in [6.45, 7) is 1.35. The minimum atomic E-state index is -0.0739. The molecule has 0 atom stereocenters. The van der Waals surface area contributed by atoms with E-state index < -0.39 is 0 Å². The highest BCUT2D eigenvalue weighted by molar-refractivity contribution is 5.79. The van der Waals surface area contributed by atoms with Gasteiger partial charge in [-0.1, -0.05) is 24.3 Å². The second kappa shape index (κ2) is 8.99. The zero-order valence-electron chi connectivity index (χ0n) is 16.4. The molecule has 152 valence electrons. The Balaban J connectivity index is 1.16. The van der Waals surface area contributed by atoms with E-state index in [1.807, 2.05) is 36.4 Å². The van der Waals surface area contributed by atoms with Gasteiger partial charge in [-0.25, -0.2) is 0 Å². The Morgan fingerprint density at radius 2 is 1.83 bits per heavy atom. The van der Waals surface area contributed by atoms with Crippen LogP contribution in [0.3, 0.4) is 0 Å². The summed E-state index contributed by atoms with van der Waals surface area (Å²) in [5, 5.41) is 5.86. The molecule has 1 heterocycles. The first-order chi connectivity index (χ1) is 14.2. The third-order valence-electron chi connectivity index (χ3n) is 5.09. The smallest absolute Gasteiger partial charge is 0.258 e. The third-order valence-corrected chi connectivity index (χ3v) is 5.09. The van der Waals surface area contributed by atoms with Crippen molar-refractivity contribution in [2.45, 2.75) is 38.1 Å². The Morgan fingerprint density at radius 3 is 2.62 bits per heavy atom. The second-order valence-corrected chi connectivity index (χ2v) is 7.59. The average Bonchev–Trinajstić information content (AvgIpc) is 3.40. The van der Waals surface area contributed by atoms with E-state index in [0.717, 1.165) is 49.2 Å². The molecule has 2 aromatic rings. The monoisotopic (exact) mass is 394 g/mol. The number of carbonyl (C=O) groups is 2. The summed E-state index contributed by atoms with van der Waals surface area (Å²) in [6.07, 6.45) is 4.17. The largest absolute Gasteiger partial charge is 0.493 e. The van der Waals surface area contributed by atoms with Gasteiger partial charge in [0.25, 0.3) is 5.91 Å². The zero-order chi connectivity index (χ0) is 20.1. The molecule has 0 spiro atoms. The van der Waals surface area contributed by atoms with Crippen LogP contribution in [0.15, 0.2) is 42.5 Å². The summed E-state index contributed by atoms with van der Waals surface area (Å²) in [5.74, 6) is 1.55. The van der Waals surface area contributed by atoms with Gasteiger partial charge in [0, 0.05) is 19.0 Å². The topological polar surface area (TPSA) is 76.7 Å². The van der Waals surface area contributed by atoms with Gasteiger partial charge in [0.2, 0.25) is 5.91 Å². The standard InChI is InChI=1S/C23H26N2O4/c26-22(14-17-3-8-21-18(13-17)10-12-28-21)24-11-9-16-1-6-20(7-2-16)29-15-23(27)25-19-4-5-19/h1-3,6-8,13,19H,4-5,9-12,14-15H2,(H,24,26)(H,25,27). The Morgan fingerprint density at radius 1 is 1.03 bits per heavy atom. The number of benzene rings is 2. The van der Waals surface area contributed by atoms with Crippen molar-refractivity contribution in [2.24, 2.45) is 0 Å². The molecule has 6 heteroatoms. The molecule has 6 nitrogen and oxygen atoms in total. The molecule has 2 aliphatic rings. The highest BCUT2D eigenvalue weighted by atomic mass is 16.5. The van der Waals surface area contributed by atoms with E-state index in [2.05, 4.69) is 16.7 Å². The van der Waals surface area contributed by atoms with Gasteiger partial charge in [0.15, 0.2) is 6.61 Å².